The van der Waals surface area contributed by atoms with Crippen LogP contribution < -0.4 is 5.32 Å². The fourth-order valence-electron chi connectivity index (χ4n) is 3.92. The SMILES string of the molecule is O=C(Nc1nnc(-c2ccc(Cl)cc2)s1)C1CCCN1S(=O)(=O)c1ccc2ccccc2c1. The van der Waals surface area contributed by atoms with Crippen molar-refractivity contribution < 1.29 is 13.2 Å². The molecule has 168 valence electrons. The first-order chi connectivity index (χ1) is 15.9. The number of carbonyl (C=O) groups excluding carboxylic acids is 1. The van der Waals surface area contributed by atoms with E-state index >= 15 is 0 Å². The molecule has 1 amide bonds. The standard InChI is InChI=1S/C23H19ClN4O3S2/c24-18-10-7-16(8-11-18)22-26-27-23(32-22)25-21(29)20-6-3-13-28(20)33(30,31)19-12-9-15-4-1-2-5-17(15)14-19/h1-2,4-5,7-12,14,20H,3,6,13H2,(H,25,27,29). The molecule has 4 aromatic rings. The molecular weight excluding hydrogens is 480 g/mol. The average molecular weight is 499 g/mol. The highest BCUT2D eigenvalue weighted by Crippen LogP contribution is 2.31. The number of rotatable bonds is 5. The molecule has 0 bridgehead atoms. The fraction of sp³-hybridized carbons (Fsp3) is 0.174. The molecule has 0 aliphatic carbocycles. The lowest BCUT2D eigenvalue weighted by atomic mass is 10.1. The summed E-state index contributed by atoms with van der Waals surface area (Å²) in [6, 6.07) is 19.0. The molecule has 0 saturated carbocycles. The zero-order chi connectivity index (χ0) is 23.0. The Hall–Kier alpha value is -2.85. The third-order valence-corrected chi connectivity index (χ3v) is 8.62. The topological polar surface area (TPSA) is 92.3 Å². The van der Waals surface area contributed by atoms with Gasteiger partial charge in [0.05, 0.1) is 4.90 Å². The molecule has 5 rings (SSSR count). The summed E-state index contributed by atoms with van der Waals surface area (Å²) in [5.41, 5.74) is 0.832. The maximum Gasteiger partial charge on any atom is 0.244 e. The van der Waals surface area contributed by atoms with E-state index in [1.54, 1.807) is 30.3 Å². The second-order valence-corrected chi connectivity index (χ2v) is 11.0. The number of aromatic nitrogens is 2. The van der Waals surface area contributed by atoms with Gasteiger partial charge in [-0.1, -0.05) is 65.4 Å². The molecule has 1 fully saturated rings. The van der Waals surface area contributed by atoms with Crippen LogP contribution in [0.4, 0.5) is 5.13 Å². The molecule has 3 aromatic carbocycles. The minimum Gasteiger partial charge on any atom is -0.299 e. The Morgan fingerprint density at radius 2 is 1.79 bits per heavy atom. The van der Waals surface area contributed by atoms with Crippen LogP contribution in [-0.2, 0) is 14.8 Å². The first-order valence-corrected chi connectivity index (χ1v) is 13.0. The highest BCUT2D eigenvalue weighted by atomic mass is 35.5. The van der Waals surface area contributed by atoms with Crippen LogP contribution in [0, 0.1) is 0 Å². The van der Waals surface area contributed by atoms with Gasteiger partial charge in [-0.2, -0.15) is 4.31 Å². The number of amides is 1. The molecule has 1 aromatic heterocycles. The van der Waals surface area contributed by atoms with Crippen molar-refractivity contribution in [1.29, 1.82) is 0 Å². The van der Waals surface area contributed by atoms with Gasteiger partial charge in [-0.3, -0.25) is 10.1 Å². The van der Waals surface area contributed by atoms with Crippen molar-refractivity contribution >= 4 is 54.8 Å². The van der Waals surface area contributed by atoms with Gasteiger partial charge in [-0.25, -0.2) is 8.42 Å². The summed E-state index contributed by atoms with van der Waals surface area (Å²) in [6.45, 7) is 0.291. The number of halogens is 1. The molecule has 1 saturated heterocycles. The highest BCUT2D eigenvalue weighted by molar-refractivity contribution is 7.89. The number of carbonyl (C=O) groups is 1. The Bertz CT molecular complexity index is 1440. The molecule has 0 spiro atoms. The van der Waals surface area contributed by atoms with Crippen LogP contribution >= 0.6 is 22.9 Å². The van der Waals surface area contributed by atoms with Gasteiger partial charge in [-0.05, 0) is 47.9 Å². The van der Waals surface area contributed by atoms with E-state index < -0.39 is 22.0 Å². The normalized spacial score (nSPS) is 16.8. The van der Waals surface area contributed by atoms with E-state index in [9.17, 15) is 13.2 Å². The first kappa shape index (κ1) is 22.0. The van der Waals surface area contributed by atoms with Gasteiger partial charge >= 0.3 is 0 Å². The third-order valence-electron chi connectivity index (χ3n) is 5.58. The molecule has 33 heavy (non-hydrogen) atoms. The molecule has 0 radical (unpaired) electrons. The summed E-state index contributed by atoms with van der Waals surface area (Å²) in [5, 5.41) is 14.3. The van der Waals surface area contributed by atoms with Crippen molar-refractivity contribution in [3.63, 3.8) is 0 Å². The molecule has 10 heteroatoms. The Morgan fingerprint density at radius 3 is 2.58 bits per heavy atom. The third kappa shape index (κ3) is 4.37. The first-order valence-electron chi connectivity index (χ1n) is 10.3. The monoisotopic (exact) mass is 498 g/mol. The predicted molar refractivity (Wildman–Crippen MR) is 130 cm³/mol. The predicted octanol–water partition coefficient (Wildman–Crippen LogP) is 4.80. The molecule has 1 unspecified atom stereocenters. The van der Waals surface area contributed by atoms with Gasteiger partial charge in [0.15, 0.2) is 0 Å². The second kappa shape index (κ2) is 8.83. The lowest BCUT2D eigenvalue weighted by Gasteiger charge is -2.23. The summed E-state index contributed by atoms with van der Waals surface area (Å²) in [6.07, 6.45) is 1.05. The Balaban J connectivity index is 1.35. The summed E-state index contributed by atoms with van der Waals surface area (Å²) in [7, 11) is -3.83. The number of benzene rings is 3. The van der Waals surface area contributed by atoms with E-state index in [4.69, 9.17) is 11.6 Å². The van der Waals surface area contributed by atoms with Crippen molar-refractivity contribution in [3.05, 3.63) is 71.8 Å². The van der Waals surface area contributed by atoms with Gasteiger partial charge in [0, 0.05) is 17.1 Å². The molecule has 1 N–H and O–H groups in total. The van der Waals surface area contributed by atoms with Crippen molar-refractivity contribution in [1.82, 2.24) is 14.5 Å². The largest absolute Gasteiger partial charge is 0.299 e. The maximum atomic E-state index is 13.4. The van der Waals surface area contributed by atoms with Crippen LogP contribution in [0.2, 0.25) is 5.02 Å². The zero-order valence-corrected chi connectivity index (χ0v) is 19.7. The van der Waals surface area contributed by atoms with E-state index in [0.717, 1.165) is 16.3 Å². The average Bonchev–Trinajstić information content (AvgIpc) is 3.50. The summed E-state index contributed by atoms with van der Waals surface area (Å²) in [4.78, 5) is 13.2. The number of hydrogen-bond donors (Lipinski definition) is 1. The second-order valence-electron chi connectivity index (χ2n) is 7.69. The smallest absolute Gasteiger partial charge is 0.244 e. The number of nitrogens with zero attached hydrogens (tertiary/aromatic N) is 3. The van der Waals surface area contributed by atoms with Gasteiger partial charge in [0.1, 0.15) is 11.0 Å². The van der Waals surface area contributed by atoms with Crippen LogP contribution in [0.5, 0.6) is 0 Å². The van der Waals surface area contributed by atoms with E-state index in [1.807, 2.05) is 36.4 Å². The van der Waals surface area contributed by atoms with Crippen LogP contribution in [0.15, 0.2) is 71.6 Å². The van der Waals surface area contributed by atoms with Crippen molar-refractivity contribution in [2.75, 3.05) is 11.9 Å². The fourth-order valence-corrected chi connectivity index (χ4v) is 6.49. The lowest BCUT2D eigenvalue weighted by molar-refractivity contribution is -0.119. The summed E-state index contributed by atoms with van der Waals surface area (Å²) >= 11 is 7.15. The van der Waals surface area contributed by atoms with Crippen LogP contribution in [0.3, 0.4) is 0 Å². The summed E-state index contributed by atoms with van der Waals surface area (Å²) in [5.74, 6) is -0.407. The molecule has 1 atom stereocenters. The van der Waals surface area contributed by atoms with Crippen molar-refractivity contribution in [3.8, 4) is 10.6 Å². The maximum absolute atomic E-state index is 13.4. The number of hydrogen-bond acceptors (Lipinski definition) is 6. The Kier molecular flexibility index (Phi) is 5.88. The number of anilines is 1. The number of nitrogens with one attached hydrogen (secondary N) is 1. The van der Waals surface area contributed by atoms with E-state index in [2.05, 4.69) is 15.5 Å². The van der Waals surface area contributed by atoms with E-state index in [-0.39, 0.29) is 4.90 Å². The quantitative estimate of drug-likeness (QED) is 0.426. The van der Waals surface area contributed by atoms with Crippen molar-refractivity contribution in [2.45, 2.75) is 23.8 Å². The molecule has 1 aliphatic heterocycles. The molecule has 7 nitrogen and oxygen atoms in total. The van der Waals surface area contributed by atoms with Gasteiger partial charge in [0.2, 0.25) is 21.1 Å². The van der Waals surface area contributed by atoms with Gasteiger partial charge in [0.25, 0.3) is 0 Å². The van der Waals surface area contributed by atoms with Crippen LogP contribution in [0.1, 0.15) is 12.8 Å². The molecule has 2 heterocycles. The van der Waals surface area contributed by atoms with Gasteiger partial charge < -0.3 is 0 Å². The van der Waals surface area contributed by atoms with Crippen LogP contribution in [-0.4, -0.2) is 41.4 Å². The molecule has 1 aliphatic rings. The van der Waals surface area contributed by atoms with Gasteiger partial charge in [-0.15, -0.1) is 10.2 Å². The van der Waals surface area contributed by atoms with Crippen molar-refractivity contribution in [2.24, 2.45) is 0 Å². The van der Waals surface area contributed by atoms with E-state index in [0.29, 0.717) is 34.5 Å². The lowest BCUT2D eigenvalue weighted by Crippen LogP contribution is -2.43. The minimum atomic E-state index is -3.83. The number of sulfonamides is 1. The Morgan fingerprint density at radius 1 is 1.03 bits per heavy atom. The molecular formula is C23H19ClN4O3S2. The zero-order valence-electron chi connectivity index (χ0n) is 17.3. The summed E-state index contributed by atoms with van der Waals surface area (Å²) < 4.78 is 28.0. The minimum absolute atomic E-state index is 0.182. The highest BCUT2D eigenvalue weighted by Gasteiger charge is 2.39. The van der Waals surface area contributed by atoms with Crippen LogP contribution in [0.25, 0.3) is 21.3 Å². The van der Waals surface area contributed by atoms with E-state index in [1.165, 1.54) is 15.6 Å². The Labute approximate surface area is 200 Å². The number of fused-ring (bicyclic) bond motifs is 1.